The highest BCUT2D eigenvalue weighted by Crippen LogP contribution is 2.38. The number of ether oxygens (including phenoxy) is 2. The molecular weight excluding hydrogens is 595 g/mol. The van der Waals surface area contributed by atoms with Gasteiger partial charge in [0.05, 0.1) is 11.4 Å². The fourth-order valence-corrected chi connectivity index (χ4v) is 7.10. The van der Waals surface area contributed by atoms with Gasteiger partial charge in [-0.25, -0.2) is 0 Å². The monoisotopic (exact) mass is 627 g/mol. The molecule has 0 saturated carbocycles. The molecule has 9 nitrogen and oxygen atoms in total. The van der Waals surface area contributed by atoms with Crippen molar-refractivity contribution in [1.29, 1.82) is 5.26 Å². The number of anilines is 1. The highest BCUT2D eigenvalue weighted by molar-refractivity contribution is 8.26. The summed E-state index contributed by atoms with van der Waals surface area (Å²) in [6.45, 7) is 8.70. The molecule has 6 rings (SSSR count). The molecule has 44 heavy (non-hydrogen) atoms. The largest absolute Gasteiger partial charge is 0.454 e. The second kappa shape index (κ2) is 12.9. The molecule has 0 radical (unpaired) electrons. The second-order valence-corrected chi connectivity index (χ2v) is 12.7. The number of nitrogens with zero attached hydrogens (tertiary/aromatic N) is 5. The number of piperazine rings is 1. The number of hydrogen-bond acceptors (Lipinski definition) is 9. The van der Waals surface area contributed by atoms with E-state index in [-0.39, 0.29) is 23.8 Å². The van der Waals surface area contributed by atoms with Gasteiger partial charge in [0.2, 0.25) is 6.79 Å². The van der Waals surface area contributed by atoms with Crippen molar-refractivity contribution in [3.05, 3.63) is 91.6 Å². The lowest BCUT2D eigenvalue weighted by Crippen LogP contribution is -2.48. The predicted octanol–water partition coefficient (Wildman–Crippen LogP) is 4.89. The van der Waals surface area contributed by atoms with Gasteiger partial charge in [-0.15, -0.1) is 0 Å². The molecular formula is C33H33N5O4S2. The molecule has 0 bridgehead atoms. The summed E-state index contributed by atoms with van der Waals surface area (Å²) in [6.07, 6.45) is 2.55. The maximum absolute atomic E-state index is 13.7. The molecule has 0 N–H and O–H groups in total. The van der Waals surface area contributed by atoms with Crippen molar-refractivity contribution in [2.24, 2.45) is 0 Å². The van der Waals surface area contributed by atoms with Crippen LogP contribution in [-0.2, 0) is 24.4 Å². The van der Waals surface area contributed by atoms with Crippen molar-refractivity contribution < 1.29 is 14.3 Å². The minimum atomic E-state index is -0.291. The molecule has 0 unspecified atom stereocenters. The standard InChI is InChI=1S/C33H33N5O4S2/c1-3-11-37-30(36-14-12-35(13-15-36)19-23-7-5-4-6-8-23)25(22(2)26(18-34)31(37)39)17-29-32(40)38(33(43)44-29)20-24-9-10-27-28(16-24)42-21-41-27/h4-10,16-17H,3,11-15,19-21H2,1-2H3/b29-17-. The minimum Gasteiger partial charge on any atom is -0.454 e. The van der Waals surface area contributed by atoms with E-state index in [2.05, 4.69) is 40.1 Å². The Bertz CT molecular complexity index is 1740. The van der Waals surface area contributed by atoms with Gasteiger partial charge in [0, 0.05) is 44.8 Å². The zero-order valence-electron chi connectivity index (χ0n) is 24.7. The first kappa shape index (κ1) is 29.9. The third-order valence-corrected chi connectivity index (χ3v) is 9.52. The number of thioether (sulfide) groups is 1. The van der Waals surface area contributed by atoms with Gasteiger partial charge in [-0.05, 0) is 48.2 Å². The number of pyridine rings is 1. The Labute approximate surface area is 266 Å². The number of hydrogen-bond donors (Lipinski definition) is 0. The molecule has 3 aliphatic rings. The SMILES string of the molecule is CCCn1c(N2CCN(Cc3ccccc3)CC2)c(/C=C2\SC(=S)N(Cc3ccc4c(c3)OCO4)C2=O)c(C)c(C#N)c1=O. The van der Waals surface area contributed by atoms with Crippen LogP contribution in [0.2, 0.25) is 0 Å². The zero-order chi connectivity index (χ0) is 30.8. The Morgan fingerprint density at radius 2 is 1.75 bits per heavy atom. The van der Waals surface area contributed by atoms with Crippen LogP contribution in [0.5, 0.6) is 11.5 Å². The highest BCUT2D eigenvalue weighted by Gasteiger charge is 2.34. The Balaban J connectivity index is 1.32. The van der Waals surface area contributed by atoms with Gasteiger partial charge in [-0.2, -0.15) is 5.26 Å². The van der Waals surface area contributed by atoms with Crippen LogP contribution in [0.4, 0.5) is 5.82 Å². The number of aromatic nitrogens is 1. The average molecular weight is 628 g/mol. The van der Waals surface area contributed by atoms with E-state index in [0.29, 0.717) is 52.5 Å². The molecule has 4 heterocycles. The summed E-state index contributed by atoms with van der Waals surface area (Å²) in [5.74, 6) is 1.88. The summed E-state index contributed by atoms with van der Waals surface area (Å²) < 4.78 is 13.1. The average Bonchev–Trinajstić information content (AvgIpc) is 3.60. The Hall–Kier alpha value is -4.11. The third-order valence-electron chi connectivity index (χ3n) is 8.14. The topological polar surface area (TPSA) is 91.0 Å². The van der Waals surface area contributed by atoms with E-state index in [1.54, 1.807) is 16.4 Å². The summed E-state index contributed by atoms with van der Waals surface area (Å²) >= 11 is 6.89. The van der Waals surface area contributed by atoms with E-state index in [4.69, 9.17) is 21.7 Å². The third kappa shape index (κ3) is 5.85. The van der Waals surface area contributed by atoms with Crippen LogP contribution in [0, 0.1) is 18.3 Å². The Kier molecular flexibility index (Phi) is 8.75. The van der Waals surface area contributed by atoms with Crippen LogP contribution in [0.25, 0.3) is 6.08 Å². The van der Waals surface area contributed by atoms with Crippen molar-refractivity contribution >= 4 is 46.1 Å². The molecule has 0 spiro atoms. The maximum atomic E-state index is 13.7. The molecule has 1 amide bonds. The second-order valence-electron chi connectivity index (χ2n) is 11.0. The summed E-state index contributed by atoms with van der Waals surface area (Å²) in [4.78, 5) is 34.0. The molecule has 226 valence electrons. The smallest absolute Gasteiger partial charge is 0.270 e. The fourth-order valence-electron chi connectivity index (χ4n) is 5.86. The van der Waals surface area contributed by atoms with E-state index >= 15 is 0 Å². The van der Waals surface area contributed by atoms with Crippen LogP contribution in [0.15, 0.2) is 58.2 Å². The summed E-state index contributed by atoms with van der Waals surface area (Å²) in [6, 6.07) is 18.1. The van der Waals surface area contributed by atoms with Crippen LogP contribution in [0.3, 0.4) is 0 Å². The lowest BCUT2D eigenvalue weighted by molar-refractivity contribution is -0.122. The molecule has 1 aromatic heterocycles. The summed E-state index contributed by atoms with van der Waals surface area (Å²) in [5, 5.41) is 10.00. The molecule has 3 aromatic rings. The van der Waals surface area contributed by atoms with E-state index in [9.17, 15) is 14.9 Å². The molecule has 0 atom stereocenters. The first-order chi connectivity index (χ1) is 21.4. The number of thiocarbonyl (C=S) groups is 1. The van der Waals surface area contributed by atoms with Gasteiger partial charge in [0.15, 0.2) is 11.5 Å². The van der Waals surface area contributed by atoms with E-state index in [1.807, 2.05) is 37.3 Å². The van der Waals surface area contributed by atoms with Crippen LogP contribution >= 0.6 is 24.0 Å². The quantitative estimate of drug-likeness (QED) is 0.256. The van der Waals surface area contributed by atoms with Gasteiger partial charge in [0.1, 0.15) is 21.8 Å². The van der Waals surface area contributed by atoms with Gasteiger partial charge < -0.3 is 14.4 Å². The zero-order valence-corrected chi connectivity index (χ0v) is 26.4. The van der Waals surface area contributed by atoms with Crippen molar-refractivity contribution in [3.63, 3.8) is 0 Å². The number of amides is 1. The maximum Gasteiger partial charge on any atom is 0.270 e. The Morgan fingerprint density at radius 1 is 1.00 bits per heavy atom. The molecule has 2 saturated heterocycles. The first-order valence-corrected chi connectivity index (χ1v) is 15.9. The van der Waals surface area contributed by atoms with Crippen molar-refractivity contribution in [2.75, 3.05) is 37.9 Å². The van der Waals surface area contributed by atoms with Crippen molar-refractivity contribution in [2.45, 2.75) is 39.9 Å². The van der Waals surface area contributed by atoms with Gasteiger partial charge >= 0.3 is 0 Å². The number of nitriles is 1. The number of fused-ring (bicyclic) bond motifs is 1. The summed E-state index contributed by atoms with van der Waals surface area (Å²) in [5.41, 5.74) is 3.25. The number of rotatable bonds is 8. The number of carbonyl (C=O) groups is 1. The van der Waals surface area contributed by atoms with Crippen molar-refractivity contribution in [1.82, 2.24) is 14.4 Å². The van der Waals surface area contributed by atoms with E-state index < -0.39 is 0 Å². The van der Waals surface area contributed by atoms with Gasteiger partial charge in [-0.1, -0.05) is 67.3 Å². The first-order valence-electron chi connectivity index (χ1n) is 14.7. The van der Waals surface area contributed by atoms with Crippen LogP contribution in [-0.4, -0.2) is 57.6 Å². The molecule has 2 aromatic carbocycles. The molecule has 0 aliphatic carbocycles. The van der Waals surface area contributed by atoms with E-state index in [1.165, 1.54) is 17.3 Å². The van der Waals surface area contributed by atoms with Crippen molar-refractivity contribution in [3.8, 4) is 17.6 Å². The molecule has 3 aliphatic heterocycles. The number of benzene rings is 2. The van der Waals surface area contributed by atoms with Crippen LogP contribution < -0.4 is 19.9 Å². The highest BCUT2D eigenvalue weighted by atomic mass is 32.2. The van der Waals surface area contributed by atoms with Gasteiger partial charge in [-0.3, -0.25) is 24.0 Å². The summed E-state index contributed by atoms with van der Waals surface area (Å²) in [7, 11) is 0. The normalized spacial score (nSPS) is 17.5. The molecule has 11 heteroatoms. The Morgan fingerprint density at radius 3 is 2.48 bits per heavy atom. The van der Waals surface area contributed by atoms with E-state index in [0.717, 1.165) is 43.0 Å². The van der Waals surface area contributed by atoms with Gasteiger partial charge in [0.25, 0.3) is 11.5 Å². The lowest BCUT2D eigenvalue weighted by atomic mass is 10.0. The predicted molar refractivity (Wildman–Crippen MR) is 176 cm³/mol. The van der Waals surface area contributed by atoms with Crippen LogP contribution in [0.1, 0.15) is 41.2 Å². The number of carbonyl (C=O) groups excluding carboxylic acids is 1. The fraction of sp³-hybridized carbons (Fsp3) is 0.333. The molecule has 2 fully saturated rings. The lowest BCUT2D eigenvalue weighted by Gasteiger charge is -2.38. The minimum absolute atomic E-state index is 0.104.